The summed E-state index contributed by atoms with van der Waals surface area (Å²) in [5.41, 5.74) is 1.68. The van der Waals surface area contributed by atoms with Crippen molar-refractivity contribution in [2.24, 2.45) is 4.99 Å². The highest BCUT2D eigenvalue weighted by atomic mass is 32.2. The number of thiazole rings is 1. The molecule has 1 atom stereocenters. The van der Waals surface area contributed by atoms with E-state index in [-0.39, 0.29) is 11.7 Å². The predicted molar refractivity (Wildman–Crippen MR) is 128 cm³/mol. The molecule has 0 aliphatic carbocycles. The van der Waals surface area contributed by atoms with Gasteiger partial charge in [0.2, 0.25) is 0 Å². The molecular weight excluding hydrogens is 448 g/mol. The zero-order valence-electron chi connectivity index (χ0n) is 17.6. The Bertz CT molecular complexity index is 1310. The first-order chi connectivity index (χ1) is 14.9. The van der Waals surface area contributed by atoms with Crippen molar-refractivity contribution in [3.05, 3.63) is 83.2 Å². The minimum atomic E-state index is -0.580. The Hall–Kier alpha value is -2.42. The second-order valence-electron chi connectivity index (χ2n) is 7.32. The number of benzene rings is 1. The van der Waals surface area contributed by atoms with E-state index >= 15 is 0 Å². The van der Waals surface area contributed by atoms with Crippen molar-refractivity contribution in [3.8, 4) is 0 Å². The monoisotopic (exact) mass is 470 g/mol. The van der Waals surface area contributed by atoms with Crippen LogP contribution in [0.1, 0.15) is 37.3 Å². The van der Waals surface area contributed by atoms with Gasteiger partial charge < -0.3 is 4.74 Å². The van der Waals surface area contributed by atoms with Gasteiger partial charge in [-0.3, -0.25) is 9.36 Å². The van der Waals surface area contributed by atoms with Gasteiger partial charge >= 0.3 is 5.97 Å². The number of rotatable bonds is 5. The van der Waals surface area contributed by atoms with E-state index in [0.717, 1.165) is 15.3 Å². The van der Waals surface area contributed by atoms with Crippen LogP contribution in [0.5, 0.6) is 0 Å². The quantitative estimate of drug-likeness (QED) is 0.418. The minimum Gasteiger partial charge on any atom is -0.459 e. The number of carbonyl (C=O) groups is 1. The Morgan fingerprint density at radius 1 is 1.26 bits per heavy atom. The fourth-order valence-electron chi connectivity index (χ4n) is 3.46. The summed E-state index contributed by atoms with van der Waals surface area (Å²) in [5.74, 6) is -0.442. The lowest BCUT2D eigenvalue weighted by Crippen LogP contribution is -2.40. The molecule has 0 N–H and O–H groups in total. The number of ether oxygens (including phenoxy) is 1. The van der Waals surface area contributed by atoms with Gasteiger partial charge in [-0.1, -0.05) is 29.5 Å². The Morgan fingerprint density at radius 2 is 2.00 bits per heavy atom. The molecule has 0 bridgehead atoms. The van der Waals surface area contributed by atoms with Crippen LogP contribution in [0.15, 0.2) is 67.7 Å². The van der Waals surface area contributed by atoms with Crippen LogP contribution in [0.3, 0.4) is 0 Å². The molecule has 8 heteroatoms. The summed E-state index contributed by atoms with van der Waals surface area (Å²) in [4.78, 5) is 33.8. The third-order valence-electron chi connectivity index (χ3n) is 4.83. The molecule has 0 amide bonds. The first kappa shape index (κ1) is 21.8. The van der Waals surface area contributed by atoms with E-state index < -0.39 is 12.0 Å². The number of thiophene rings is 1. The van der Waals surface area contributed by atoms with Crippen LogP contribution in [0, 0.1) is 0 Å². The van der Waals surface area contributed by atoms with Crippen LogP contribution in [0.4, 0.5) is 0 Å². The summed E-state index contributed by atoms with van der Waals surface area (Å²) >= 11 is 4.56. The maximum atomic E-state index is 13.5. The van der Waals surface area contributed by atoms with E-state index in [1.54, 1.807) is 34.6 Å². The molecule has 5 nitrogen and oxygen atoms in total. The van der Waals surface area contributed by atoms with E-state index in [1.165, 1.54) is 11.3 Å². The Labute approximate surface area is 192 Å². The van der Waals surface area contributed by atoms with Crippen LogP contribution in [0.2, 0.25) is 0 Å². The highest BCUT2D eigenvalue weighted by Gasteiger charge is 2.33. The van der Waals surface area contributed by atoms with E-state index in [1.807, 2.05) is 68.0 Å². The summed E-state index contributed by atoms with van der Waals surface area (Å²) in [6, 6.07) is 11.3. The molecule has 0 unspecified atom stereocenters. The number of aromatic nitrogens is 1. The maximum absolute atomic E-state index is 13.5. The van der Waals surface area contributed by atoms with Crippen LogP contribution in [-0.4, -0.2) is 22.9 Å². The second-order valence-corrected chi connectivity index (χ2v) is 10.2. The third-order valence-corrected chi connectivity index (χ3v) is 7.38. The first-order valence-corrected chi connectivity index (χ1v) is 12.7. The zero-order valence-corrected chi connectivity index (χ0v) is 20.1. The van der Waals surface area contributed by atoms with Crippen LogP contribution in [0.25, 0.3) is 6.08 Å². The molecule has 1 aliphatic rings. The fraction of sp³-hybridized carbons (Fsp3) is 0.261. The fourth-order valence-corrected chi connectivity index (χ4v) is 5.64. The average molecular weight is 471 g/mol. The molecule has 3 heterocycles. The second kappa shape index (κ2) is 8.98. The van der Waals surface area contributed by atoms with Gasteiger partial charge in [-0.2, -0.15) is 0 Å². The van der Waals surface area contributed by atoms with Gasteiger partial charge in [0, 0.05) is 9.77 Å². The number of esters is 1. The predicted octanol–water partition coefficient (Wildman–Crippen LogP) is 3.97. The van der Waals surface area contributed by atoms with Gasteiger partial charge in [-0.05, 0) is 62.2 Å². The largest absolute Gasteiger partial charge is 0.459 e. The van der Waals surface area contributed by atoms with Crippen molar-refractivity contribution >= 4 is 46.5 Å². The molecule has 0 spiro atoms. The van der Waals surface area contributed by atoms with Crippen molar-refractivity contribution in [1.82, 2.24) is 4.57 Å². The molecule has 2 aromatic heterocycles. The lowest BCUT2D eigenvalue weighted by molar-refractivity contribution is -0.143. The minimum absolute atomic E-state index is 0.154. The average Bonchev–Trinajstić information content (AvgIpc) is 3.35. The maximum Gasteiger partial charge on any atom is 0.338 e. The molecule has 0 radical (unpaired) electrons. The highest BCUT2D eigenvalue weighted by Crippen LogP contribution is 2.32. The van der Waals surface area contributed by atoms with Crippen LogP contribution in [-0.2, 0) is 9.53 Å². The van der Waals surface area contributed by atoms with E-state index in [2.05, 4.69) is 4.99 Å². The number of hydrogen-bond donors (Lipinski definition) is 0. The van der Waals surface area contributed by atoms with Crippen molar-refractivity contribution in [1.29, 1.82) is 0 Å². The number of allylic oxidation sites excluding steroid dienone is 1. The molecule has 0 saturated carbocycles. The molecule has 1 aliphatic heterocycles. The molecule has 0 saturated heterocycles. The lowest BCUT2D eigenvalue weighted by Gasteiger charge is -2.25. The number of carbonyl (C=O) groups excluding carboxylic acids is 1. The molecule has 31 heavy (non-hydrogen) atoms. The highest BCUT2D eigenvalue weighted by molar-refractivity contribution is 7.98. The van der Waals surface area contributed by atoms with Crippen LogP contribution < -0.4 is 14.9 Å². The van der Waals surface area contributed by atoms with Gasteiger partial charge in [0.25, 0.3) is 5.56 Å². The van der Waals surface area contributed by atoms with E-state index in [0.29, 0.717) is 20.6 Å². The molecule has 0 fully saturated rings. The topological polar surface area (TPSA) is 60.7 Å². The summed E-state index contributed by atoms with van der Waals surface area (Å²) in [7, 11) is 0. The zero-order chi connectivity index (χ0) is 22.1. The summed E-state index contributed by atoms with van der Waals surface area (Å²) < 4.78 is 7.75. The van der Waals surface area contributed by atoms with E-state index in [4.69, 9.17) is 4.74 Å². The summed E-state index contributed by atoms with van der Waals surface area (Å²) in [6.07, 6.45) is 3.63. The third kappa shape index (κ3) is 4.33. The Balaban J connectivity index is 1.94. The van der Waals surface area contributed by atoms with E-state index in [9.17, 15) is 9.59 Å². The molecule has 3 aromatic rings. The Kier molecular flexibility index (Phi) is 6.31. The van der Waals surface area contributed by atoms with Gasteiger partial charge in [-0.15, -0.1) is 23.1 Å². The number of hydrogen-bond acceptors (Lipinski definition) is 7. The standard InChI is InChI=1S/C23H22N2O3S3/c1-13(2)28-22(27)19-14(3)24-23-25(20(19)15-7-9-16(29-4)10-8-15)21(26)18(31-23)12-17-6-5-11-30-17/h5-13,20H,1-4H3/b18-12+/t20-/m0/s1. The van der Waals surface area contributed by atoms with Gasteiger partial charge in [0.05, 0.1) is 27.9 Å². The van der Waals surface area contributed by atoms with Crippen LogP contribution >= 0.6 is 34.4 Å². The number of fused-ring (bicyclic) bond motifs is 1. The van der Waals surface area contributed by atoms with Gasteiger partial charge in [0.1, 0.15) is 0 Å². The molecule has 160 valence electrons. The molecule has 4 rings (SSSR count). The number of thioether (sulfide) groups is 1. The SMILES string of the molecule is CSc1ccc([C@H]2C(C(=O)OC(C)C)=C(C)N=c3s/c(=C/c4cccs4)c(=O)n32)cc1. The van der Waals surface area contributed by atoms with Crippen molar-refractivity contribution in [2.75, 3.05) is 6.26 Å². The van der Waals surface area contributed by atoms with Crippen molar-refractivity contribution in [3.63, 3.8) is 0 Å². The van der Waals surface area contributed by atoms with Crippen molar-refractivity contribution in [2.45, 2.75) is 37.8 Å². The Morgan fingerprint density at radius 3 is 2.61 bits per heavy atom. The molecular formula is C23H22N2O3S3. The van der Waals surface area contributed by atoms with Gasteiger partial charge in [-0.25, -0.2) is 9.79 Å². The van der Waals surface area contributed by atoms with Gasteiger partial charge in [0.15, 0.2) is 4.80 Å². The summed E-state index contributed by atoms with van der Waals surface area (Å²) in [5, 5.41) is 1.98. The normalized spacial score (nSPS) is 16.4. The number of nitrogens with zero attached hydrogens (tertiary/aromatic N) is 2. The molecule has 1 aromatic carbocycles. The smallest absolute Gasteiger partial charge is 0.338 e. The lowest BCUT2D eigenvalue weighted by atomic mass is 9.96. The van der Waals surface area contributed by atoms with Crippen molar-refractivity contribution < 1.29 is 9.53 Å². The first-order valence-electron chi connectivity index (χ1n) is 9.80. The summed E-state index contributed by atoms with van der Waals surface area (Å²) in [6.45, 7) is 5.43.